The highest BCUT2D eigenvalue weighted by atomic mass is 32.2. The molecule has 4 aliphatic carbocycles. The summed E-state index contributed by atoms with van der Waals surface area (Å²) in [6, 6.07) is 5.07. The zero-order valence-electron chi connectivity index (χ0n) is 19.9. The van der Waals surface area contributed by atoms with E-state index >= 15 is 0 Å². The Kier molecular flexibility index (Phi) is 5.82. The predicted octanol–water partition coefficient (Wildman–Crippen LogP) is 4.02. The van der Waals surface area contributed by atoms with Crippen molar-refractivity contribution in [3.8, 4) is 0 Å². The second-order valence-corrected chi connectivity index (χ2v) is 14.7. The van der Waals surface area contributed by atoms with Crippen LogP contribution in [0.25, 0.3) is 0 Å². The first-order valence-corrected chi connectivity index (χ1v) is 15.4. The largest absolute Gasteiger partial charge is 0.300 e. The van der Waals surface area contributed by atoms with Gasteiger partial charge in [-0.2, -0.15) is 8.42 Å². The van der Waals surface area contributed by atoms with Gasteiger partial charge in [0, 0.05) is 12.8 Å². The van der Waals surface area contributed by atoms with E-state index in [9.17, 15) is 21.6 Å². The Hall–Kier alpha value is -1.29. The number of benzene rings is 1. The van der Waals surface area contributed by atoms with Gasteiger partial charge in [-0.3, -0.25) is 8.98 Å². The molecule has 2 N–H and O–H groups in total. The van der Waals surface area contributed by atoms with E-state index in [0.717, 1.165) is 51.0 Å². The number of primary sulfonamides is 1. The molecule has 0 amide bonds. The van der Waals surface area contributed by atoms with Gasteiger partial charge in [0.25, 0.3) is 10.1 Å². The van der Waals surface area contributed by atoms with Crippen LogP contribution in [0, 0.1) is 34.5 Å². The maximum Gasteiger partial charge on any atom is 0.297 e. The Morgan fingerprint density at radius 3 is 2.35 bits per heavy atom. The molecule has 1 aromatic rings. The summed E-state index contributed by atoms with van der Waals surface area (Å²) >= 11 is 0. The molecule has 0 aromatic heterocycles. The summed E-state index contributed by atoms with van der Waals surface area (Å²) in [4.78, 5) is 11.7. The number of hydrogen-bond acceptors (Lipinski definition) is 6. The molecule has 1 aromatic carbocycles. The lowest BCUT2D eigenvalue weighted by Gasteiger charge is -2.60. The van der Waals surface area contributed by atoms with E-state index in [0.29, 0.717) is 42.3 Å². The second kappa shape index (κ2) is 8.11. The molecule has 7 atom stereocenters. The Balaban J connectivity index is 1.37. The van der Waals surface area contributed by atoms with Crippen LogP contribution >= 0.6 is 0 Å². The highest BCUT2D eigenvalue weighted by Gasteiger charge is 2.61. The van der Waals surface area contributed by atoms with Crippen LogP contribution in [0.2, 0.25) is 0 Å². The molecule has 34 heavy (non-hydrogen) atoms. The molecule has 0 radical (unpaired) electrons. The number of Topliss-reactive ketones (excluding diaryl/α,β-unsaturated/α-hetero) is 1. The smallest absolute Gasteiger partial charge is 0.297 e. The number of sulfonamides is 1. The molecular formula is C25H35NO6S2. The van der Waals surface area contributed by atoms with E-state index in [2.05, 4.69) is 13.8 Å². The van der Waals surface area contributed by atoms with Crippen molar-refractivity contribution in [1.82, 2.24) is 0 Å². The Labute approximate surface area is 203 Å². The third kappa shape index (κ3) is 3.87. The van der Waals surface area contributed by atoms with Gasteiger partial charge in [0.05, 0.1) is 15.9 Å². The number of hydrogen-bond donors (Lipinski definition) is 1. The summed E-state index contributed by atoms with van der Waals surface area (Å²) in [7, 11) is -8.16. The maximum absolute atomic E-state index is 13.1. The number of rotatable bonds is 4. The molecule has 0 heterocycles. The van der Waals surface area contributed by atoms with Gasteiger partial charge in [0.15, 0.2) is 0 Å². The average Bonchev–Trinajstić information content (AvgIpc) is 3.09. The van der Waals surface area contributed by atoms with Crippen LogP contribution in [0.15, 0.2) is 34.1 Å². The summed E-state index contributed by atoms with van der Waals surface area (Å²) in [5, 5.41) is 5.19. The fourth-order valence-corrected chi connectivity index (χ4v) is 10.1. The summed E-state index contributed by atoms with van der Waals surface area (Å²) in [5.74, 6) is 2.42. The van der Waals surface area contributed by atoms with E-state index < -0.39 is 26.2 Å². The molecule has 0 saturated heterocycles. The average molecular weight is 510 g/mol. The van der Waals surface area contributed by atoms with Crippen molar-refractivity contribution in [2.45, 2.75) is 87.5 Å². The number of ketones is 1. The van der Waals surface area contributed by atoms with Crippen LogP contribution < -0.4 is 5.14 Å². The zero-order valence-corrected chi connectivity index (χ0v) is 21.5. The van der Waals surface area contributed by atoms with Crippen molar-refractivity contribution >= 4 is 25.9 Å². The molecule has 0 spiro atoms. The number of carbonyl (C=O) groups excluding carboxylic acids is 1. The first-order chi connectivity index (χ1) is 15.8. The van der Waals surface area contributed by atoms with Crippen molar-refractivity contribution in [2.75, 3.05) is 0 Å². The van der Waals surface area contributed by atoms with Crippen molar-refractivity contribution in [3.63, 3.8) is 0 Å². The first-order valence-electron chi connectivity index (χ1n) is 12.4. The molecule has 2 unspecified atom stereocenters. The van der Waals surface area contributed by atoms with Crippen LogP contribution in [0.1, 0.15) is 71.6 Å². The maximum atomic E-state index is 13.1. The van der Waals surface area contributed by atoms with Gasteiger partial charge in [0.1, 0.15) is 5.78 Å². The fraction of sp³-hybridized carbons (Fsp3) is 0.720. The molecule has 0 bridgehead atoms. The van der Waals surface area contributed by atoms with Crippen LogP contribution in [0.5, 0.6) is 0 Å². The molecule has 0 aliphatic heterocycles. The minimum Gasteiger partial charge on any atom is -0.300 e. The van der Waals surface area contributed by atoms with Gasteiger partial charge in [-0.15, -0.1) is 0 Å². The van der Waals surface area contributed by atoms with Crippen LogP contribution in [-0.2, 0) is 29.1 Å². The lowest BCUT2D eigenvalue weighted by molar-refractivity contribution is -0.140. The van der Waals surface area contributed by atoms with E-state index in [4.69, 9.17) is 9.32 Å². The second-order valence-electron chi connectivity index (χ2n) is 11.6. The van der Waals surface area contributed by atoms with Crippen molar-refractivity contribution in [3.05, 3.63) is 24.3 Å². The van der Waals surface area contributed by atoms with Crippen LogP contribution in [0.4, 0.5) is 0 Å². The van der Waals surface area contributed by atoms with E-state index in [1.165, 1.54) is 18.2 Å². The van der Waals surface area contributed by atoms with Crippen molar-refractivity contribution < 1.29 is 25.8 Å². The molecule has 188 valence electrons. The van der Waals surface area contributed by atoms with E-state index in [1.54, 1.807) is 0 Å². The Morgan fingerprint density at radius 1 is 0.912 bits per heavy atom. The van der Waals surface area contributed by atoms with Crippen molar-refractivity contribution in [2.24, 2.45) is 39.6 Å². The third-order valence-electron chi connectivity index (χ3n) is 10.1. The predicted molar refractivity (Wildman–Crippen MR) is 127 cm³/mol. The van der Waals surface area contributed by atoms with Gasteiger partial charge < -0.3 is 0 Å². The minimum atomic E-state index is -4.14. The van der Waals surface area contributed by atoms with Gasteiger partial charge >= 0.3 is 0 Å². The lowest BCUT2D eigenvalue weighted by atomic mass is 9.45. The summed E-state index contributed by atoms with van der Waals surface area (Å²) < 4.78 is 55.5. The number of fused-ring (bicyclic) bond motifs is 5. The number of carbonyl (C=O) groups is 1. The van der Waals surface area contributed by atoms with E-state index in [1.807, 2.05) is 0 Å². The molecule has 9 heteroatoms. The first kappa shape index (κ1) is 24.4. The lowest BCUT2D eigenvalue weighted by Crippen LogP contribution is -2.54. The molecular weight excluding hydrogens is 474 g/mol. The minimum absolute atomic E-state index is 0.181. The normalized spacial score (nSPS) is 40.3. The summed E-state index contributed by atoms with van der Waals surface area (Å²) in [6.07, 6.45) is 7.73. The topological polar surface area (TPSA) is 121 Å². The number of nitrogens with two attached hydrogens (primary N) is 1. The summed E-state index contributed by atoms with van der Waals surface area (Å²) in [5.41, 5.74) is -0.0309. The zero-order chi connectivity index (χ0) is 24.5. The van der Waals surface area contributed by atoms with Crippen LogP contribution in [-0.4, -0.2) is 28.7 Å². The SMILES string of the molecule is C[C@]12CCC(=O)CC1CC[C@@H]1[C@H]2CC[C@]2(C)C(OS(=O)(=O)c3cccc(S(N)(=O)=O)c3)CC[C@@H]12. The van der Waals surface area contributed by atoms with Gasteiger partial charge in [0.2, 0.25) is 10.0 Å². The van der Waals surface area contributed by atoms with Gasteiger partial charge in [-0.1, -0.05) is 19.9 Å². The highest BCUT2D eigenvalue weighted by Crippen LogP contribution is 2.66. The highest BCUT2D eigenvalue weighted by molar-refractivity contribution is 7.89. The molecule has 4 fully saturated rings. The Morgan fingerprint density at radius 2 is 1.62 bits per heavy atom. The monoisotopic (exact) mass is 509 g/mol. The quantitative estimate of drug-likeness (QED) is 0.612. The standard InChI is InChI=1S/C25H35NO6S2/c1-24-12-10-17(27)14-16(24)6-7-20-21-8-9-23(25(21,2)13-11-22(20)24)32-34(30,31)19-5-3-4-18(15-19)33(26,28)29/h3-5,15-16,20-23H,6-14H2,1-2H3,(H2,26,28,29)/t16?,20-,21-,22+,23?,24-,25-/m0/s1. The molecule has 4 saturated carbocycles. The van der Waals surface area contributed by atoms with Gasteiger partial charge in [-0.05, 0) is 97.6 Å². The molecule has 5 rings (SSSR count). The third-order valence-corrected chi connectivity index (χ3v) is 12.3. The van der Waals surface area contributed by atoms with Crippen molar-refractivity contribution in [1.29, 1.82) is 0 Å². The van der Waals surface area contributed by atoms with Gasteiger partial charge in [-0.25, -0.2) is 13.6 Å². The summed E-state index contributed by atoms with van der Waals surface area (Å²) in [6.45, 7) is 4.58. The molecule has 7 nitrogen and oxygen atoms in total. The van der Waals surface area contributed by atoms with Crippen LogP contribution in [0.3, 0.4) is 0 Å². The fourth-order valence-electron chi connectivity index (χ4n) is 8.17. The Bertz CT molecular complexity index is 1210. The van der Waals surface area contributed by atoms with E-state index in [-0.39, 0.29) is 20.6 Å². The molecule has 4 aliphatic rings.